The van der Waals surface area contributed by atoms with Crippen molar-refractivity contribution in [1.82, 2.24) is 19.9 Å². The molecule has 1 aliphatic heterocycles. The van der Waals surface area contributed by atoms with Gasteiger partial charge in [-0.1, -0.05) is 0 Å². The monoisotopic (exact) mass is 395 g/mol. The van der Waals surface area contributed by atoms with Crippen LogP contribution in [0.3, 0.4) is 0 Å². The average molecular weight is 395 g/mol. The molecule has 1 saturated heterocycles. The second-order valence-corrected chi connectivity index (χ2v) is 7.02. The number of H-pyrrole nitrogens is 1. The van der Waals surface area contributed by atoms with Crippen molar-refractivity contribution in [3.8, 4) is 11.5 Å². The van der Waals surface area contributed by atoms with Crippen LogP contribution in [0.1, 0.15) is 24.1 Å². The average Bonchev–Trinajstić information content (AvgIpc) is 3.38. The molecule has 1 fully saturated rings. The second-order valence-electron chi connectivity index (χ2n) is 7.02. The lowest BCUT2D eigenvalue weighted by Crippen LogP contribution is -2.28. The SMILES string of the molecule is COCc1ccc(Oc2ccc(Nc3c[nH]cn3)cc2CN2CCCC2O)cn1. The second kappa shape index (κ2) is 9.04. The molecule has 152 valence electrons. The van der Waals surface area contributed by atoms with E-state index in [4.69, 9.17) is 9.47 Å². The molecule has 1 atom stereocenters. The summed E-state index contributed by atoms with van der Waals surface area (Å²) in [5, 5.41) is 13.5. The molecular weight excluding hydrogens is 370 g/mol. The van der Waals surface area contributed by atoms with Gasteiger partial charge < -0.3 is 24.9 Å². The summed E-state index contributed by atoms with van der Waals surface area (Å²) in [6.07, 6.45) is 6.49. The van der Waals surface area contributed by atoms with Crippen LogP contribution < -0.4 is 10.1 Å². The van der Waals surface area contributed by atoms with Crippen LogP contribution in [0.15, 0.2) is 49.1 Å². The summed E-state index contributed by atoms with van der Waals surface area (Å²) in [6, 6.07) is 9.67. The van der Waals surface area contributed by atoms with E-state index < -0.39 is 6.23 Å². The number of aliphatic hydroxyl groups is 1. The summed E-state index contributed by atoms with van der Waals surface area (Å²) in [4.78, 5) is 13.5. The normalized spacial score (nSPS) is 16.8. The van der Waals surface area contributed by atoms with Gasteiger partial charge in [-0.3, -0.25) is 9.88 Å². The number of likely N-dealkylation sites (tertiary alicyclic amines) is 1. The smallest absolute Gasteiger partial charge is 0.148 e. The topological polar surface area (TPSA) is 95.5 Å². The van der Waals surface area contributed by atoms with Crippen LogP contribution in [-0.2, 0) is 17.9 Å². The highest BCUT2D eigenvalue weighted by Gasteiger charge is 2.23. The van der Waals surface area contributed by atoms with Crippen molar-refractivity contribution in [1.29, 1.82) is 0 Å². The maximum atomic E-state index is 10.2. The van der Waals surface area contributed by atoms with Crippen molar-refractivity contribution < 1.29 is 14.6 Å². The molecule has 0 radical (unpaired) electrons. The minimum Gasteiger partial charge on any atom is -0.455 e. The minimum absolute atomic E-state index is 0.416. The van der Waals surface area contributed by atoms with E-state index in [1.807, 2.05) is 30.3 Å². The number of hydrogen-bond acceptors (Lipinski definition) is 7. The number of benzene rings is 1. The van der Waals surface area contributed by atoms with Gasteiger partial charge in [0.1, 0.15) is 23.5 Å². The van der Waals surface area contributed by atoms with Crippen molar-refractivity contribution in [3.63, 3.8) is 0 Å². The summed E-state index contributed by atoms with van der Waals surface area (Å²) >= 11 is 0. The van der Waals surface area contributed by atoms with E-state index in [1.54, 1.807) is 25.8 Å². The number of imidazole rings is 1. The number of aliphatic hydroxyl groups excluding tert-OH is 1. The Labute approximate surface area is 169 Å². The first kappa shape index (κ1) is 19.4. The number of anilines is 2. The van der Waals surface area contributed by atoms with E-state index >= 15 is 0 Å². The Kier molecular flexibility index (Phi) is 6.04. The van der Waals surface area contributed by atoms with Crippen molar-refractivity contribution >= 4 is 11.5 Å². The molecule has 0 amide bonds. The van der Waals surface area contributed by atoms with Gasteiger partial charge in [0.15, 0.2) is 0 Å². The van der Waals surface area contributed by atoms with Crippen LogP contribution in [0, 0.1) is 0 Å². The third kappa shape index (κ3) is 4.92. The lowest BCUT2D eigenvalue weighted by Gasteiger charge is -2.22. The molecule has 2 aromatic heterocycles. The summed E-state index contributed by atoms with van der Waals surface area (Å²) in [5.41, 5.74) is 2.73. The Morgan fingerprint density at radius 3 is 2.90 bits per heavy atom. The van der Waals surface area contributed by atoms with Crippen LogP contribution in [0.4, 0.5) is 11.5 Å². The number of hydrogen-bond donors (Lipinski definition) is 3. The van der Waals surface area contributed by atoms with Gasteiger partial charge >= 0.3 is 0 Å². The van der Waals surface area contributed by atoms with Crippen LogP contribution in [0.5, 0.6) is 11.5 Å². The van der Waals surface area contributed by atoms with E-state index in [1.165, 1.54) is 0 Å². The highest BCUT2D eigenvalue weighted by Crippen LogP contribution is 2.31. The van der Waals surface area contributed by atoms with Gasteiger partial charge in [-0.2, -0.15) is 0 Å². The van der Waals surface area contributed by atoms with Crippen molar-refractivity contribution in [2.24, 2.45) is 0 Å². The molecule has 8 nitrogen and oxygen atoms in total. The summed E-state index contributed by atoms with van der Waals surface area (Å²) in [7, 11) is 1.64. The third-order valence-electron chi connectivity index (χ3n) is 4.85. The Morgan fingerprint density at radius 2 is 2.21 bits per heavy atom. The van der Waals surface area contributed by atoms with Crippen LogP contribution in [0.25, 0.3) is 0 Å². The van der Waals surface area contributed by atoms with Gasteiger partial charge in [0.25, 0.3) is 0 Å². The van der Waals surface area contributed by atoms with E-state index in [0.29, 0.717) is 18.9 Å². The van der Waals surface area contributed by atoms with Crippen molar-refractivity contribution in [2.45, 2.75) is 32.2 Å². The highest BCUT2D eigenvalue weighted by atomic mass is 16.5. The summed E-state index contributed by atoms with van der Waals surface area (Å²) in [5.74, 6) is 2.13. The summed E-state index contributed by atoms with van der Waals surface area (Å²) in [6.45, 7) is 1.93. The predicted molar refractivity (Wildman–Crippen MR) is 109 cm³/mol. The number of rotatable bonds is 8. The number of nitrogens with one attached hydrogen (secondary N) is 2. The number of ether oxygens (including phenoxy) is 2. The summed E-state index contributed by atoms with van der Waals surface area (Å²) < 4.78 is 11.2. The lowest BCUT2D eigenvalue weighted by atomic mass is 10.1. The van der Waals surface area contributed by atoms with Crippen molar-refractivity contribution in [2.75, 3.05) is 19.0 Å². The molecule has 29 heavy (non-hydrogen) atoms. The molecule has 8 heteroatoms. The minimum atomic E-state index is -0.416. The van der Waals surface area contributed by atoms with Crippen LogP contribution in [0.2, 0.25) is 0 Å². The number of nitrogens with zero attached hydrogens (tertiary/aromatic N) is 3. The van der Waals surface area contributed by atoms with E-state index in [0.717, 1.165) is 47.9 Å². The Morgan fingerprint density at radius 1 is 1.28 bits per heavy atom. The van der Waals surface area contributed by atoms with Gasteiger partial charge in [-0.05, 0) is 43.2 Å². The molecule has 0 aliphatic carbocycles. The first-order chi connectivity index (χ1) is 14.2. The Bertz CT molecular complexity index is 915. The van der Waals surface area contributed by atoms with Crippen molar-refractivity contribution in [3.05, 3.63) is 60.3 Å². The standard InChI is InChI=1S/C21H25N5O3/c1-28-13-17-4-6-18(10-23-17)29-19-7-5-16(25-20-11-22-14-24-20)9-15(19)12-26-8-2-3-21(26)27/h4-7,9-11,14,21,25,27H,2-3,8,12-13H2,1H3,(H,22,24). The van der Waals surface area contributed by atoms with Gasteiger partial charge in [0, 0.05) is 37.6 Å². The zero-order chi connectivity index (χ0) is 20.1. The number of aromatic nitrogens is 3. The fraction of sp³-hybridized carbons (Fsp3) is 0.333. The number of methoxy groups -OCH3 is 1. The van der Waals surface area contributed by atoms with E-state index in [2.05, 4.69) is 25.2 Å². The highest BCUT2D eigenvalue weighted by molar-refractivity contribution is 5.59. The predicted octanol–water partition coefficient (Wildman–Crippen LogP) is 3.40. The van der Waals surface area contributed by atoms with Gasteiger partial charge in [0.2, 0.25) is 0 Å². The molecule has 0 saturated carbocycles. The van der Waals surface area contributed by atoms with Gasteiger partial charge in [-0.25, -0.2) is 4.98 Å². The molecule has 3 N–H and O–H groups in total. The quantitative estimate of drug-likeness (QED) is 0.538. The Hall–Kier alpha value is -2.94. The first-order valence-electron chi connectivity index (χ1n) is 9.64. The Balaban J connectivity index is 1.56. The largest absolute Gasteiger partial charge is 0.455 e. The molecule has 1 unspecified atom stereocenters. The number of pyridine rings is 1. The molecule has 3 heterocycles. The fourth-order valence-electron chi connectivity index (χ4n) is 3.40. The van der Waals surface area contributed by atoms with Crippen LogP contribution >= 0.6 is 0 Å². The molecule has 4 rings (SSSR count). The molecule has 0 bridgehead atoms. The molecule has 3 aromatic rings. The van der Waals surface area contributed by atoms with E-state index in [-0.39, 0.29) is 0 Å². The molecule has 0 spiro atoms. The maximum Gasteiger partial charge on any atom is 0.148 e. The lowest BCUT2D eigenvalue weighted by molar-refractivity contribution is 0.0325. The zero-order valence-corrected chi connectivity index (χ0v) is 16.3. The molecular formula is C21H25N5O3. The fourth-order valence-corrected chi connectivity index (χ4v) is 3.40. The van der Waals surface area contributed by atoms with Gasteiger partial charge in [-0.15, -0.1) is 0 Å². The van der Waals surface area contributed by atoms with E-state index in [9.17, 15) is 5.11 Å². The van der Waals surface area contributed by atoms with Crippen LogP contribution in [-0.4, -0.2) is 44.8 Å². The molecule has 1 aromatic carbocycles. The molecule has 1 aliphatic rings. The zero-order valence-electron chi connectivity index (χ0n) is 16.3. The number of aromatic amines is 1. The third-order valence-corrected chi connectivity index (χ3v) is 4.85. The first-order valence-corrected chi connectivity index (χ1v) is 9.64. The maximum absolute atomic E-state index is 10.2. The van der Waals surface area contributed by atoms with Gasteiger partial charge in [0.05, 0.1) is 24.8 Å².